The van der Waals surface area contributed by atoms with E-state index in [-0.39, 0.29) is 0 Å². The number of benzene rings is 9. The first kappa shape index (κ1) is 31.9. The molecule has 14 rings (SSSR count). The van der Waals surface area contributed by atoms with Gasteiger partial charge in [0, 0.05) is 84.0 Å². The lowest BCUT2D eigenvalue weighted by molar-refractivity contribution is 0.669. The Morgan fingerprint density at radius 3 is 1.76 bits per heavy atom. The molecule has 0 aliphatic heterocycles. The first-order valence-electron chi connectivity index (χ1n) is 20.0. The minimum atomic E-state index is 0.909. The number of para-hydroxylation sites is 3. The molecule has 14 aromatic rings. The van der Waals surface area contributed by atoms with E-state index in [0.717, 1.165) is 27.6 Å². The maximum absolute atomic E-state index is 6.21. The van der Waals surface area contributed by atoms with Gasteiger partial charge in [0.2, 0.25) is 0 Å². The van der Waals surface area contributed by atoms with Crippen LogP contribution in [-0.4, -0.2) is 9.13 Å². The molecule has 0 atom stereocenters. The van der Waals surface area contributed by atoms with Gasteiger partial charge in [0.05, 0.1) is 22.1 Å². The van der Waals surface area contributed by atoms with Crippen molar-refractivity contribution < 1.29 is 4.42 Å². The topological polar surface area (TPSA) is 23.0 Å². The van der Waals surface area contributed by atoms with Gasteiger partial charge >= 0.3 is 0 Å². The molecule has 9 aromatic carbocycles. The summed E-state index contributed by atoms with van der Waals surface area (Å²) >= 11 is 3.77. The zero-order valence-electron chi connectivity index (χ0n) is 31.4. The van der Waals surface area contributed by atoms with E-state index >= 15 is 0 Å². The van der Waals surface area contributed by atoms with Crippen molar-refractivity contribution in [3.05, 3.63) is 182 Å². The third kappa shape index (κ3) is 4.41. The first-order chi connectivity index (χ1) is 29.2. The zero-order chi connectivity index (χ0) is 38.3. The van der Waals surface area contributed by atoms with Gasteiger partial charge in [-0.05, 0) is 102 Å². The Morgan fingerprint density at radius 1 is 0.322 bits per heavy atom. The second-order valence-electron chi connectivity index (χ2n) is 15.6. The molecule has 0 saturated heterocycles. The van der Waals surface area contributed by atoms with Crippen LogP contribution < -0.4 is 0 Å². The van der Waals surface area contributed by atoms with Crippen molar-refractivity contribution >= 4 is 129 Å². The molecule has 0 spiro atoms. The van der Waals surface area contributed by atoms with E-state index in [1.165, 1.54) is 101 Å². The minimum Gasteiger partial charge on any atom is -0.456 e. The second kappa shape index (κ2) is 11.7. The largest absolute Gasteiger partial charge is 0.456 e. The van der Waals surface area contributed by atoms with Crippen LogP contribution in [0, 0.1) is 0 Å². The van der Waals surface area contributed by atoms with E-state index in [0.29, 0.717) is 0 Å². The number of fused-ring (bicyclic) bond motifs is 16. The number of hydrogen-bond acceptors (Lipinski definition) is 3. The number of rotatable bonds is 3. The molecule has 5 heteroatoms. The summed E-state index contributed by atoms with van der Waals surface area (Å²) in [6, 6.07) is 67.0. The molecule has 5 heterocycles. The van der Waals surface area contributed by atoms with Crippen molar-refractivity contribution in [2.75, 3.05) is 0 Å². The van der Waals surface area contributed by atoms with Crippen molar-refractivity contribution in [2.24, 2.45) is 0 Å². The van der Waals surface area contributed by atoms with Gasteiger partial charge in [0.1, 0.15) is 11.2 Å². The zero-order valence-corrected chi connectivity index (χ0v) is 33.1. The lowest BCUT2D eigenvalue weighted by Gasteiger charge is -2.09. The highest BCUT2D eigenvalue weighted by molar-refractivity contribution is 7.27. The summed E-state index contributed by atoms with van der Waals surface area (Å²) in [7, 11) is 0. The molecular formula is C54H30N2OS2. The molecule has 0 unspecified atom stereocenters. The monoisotopic (exact) mass is 786 g/mol. The highest BCUT2D eigenvalue weighted by Crippen LogP contribution is 2.45. The Balaban J connectivity index is 0.948. The van der Waals surface area contributed by atoms with Crippen LogP contribution in [0.3, 0.4) is 0 Å². The normalized spacial score (nSPS) is 12.4. The van der Waals surface area contributed by atoms with Crippen molar-refractivity contribution in [3.63, 3.8) is 0 Å². The van der Waals surface area contributed by atoms with Gasteiger partial charge in [-0.15, -0.1) is 22.7 Å². The quantitative estimate of drug-likeness (QED) is 0.175. The third-order valence-electron chi connectivity index (χ3n) is 12.5. The summed E-state index contributed by atoms with van der Waals surface area (Å²) in [5.41, 5.74) is 11.4. The van der Waals surface area contributed by atoms with Gasteiger partial charge in [-0.2, -0.15) is 0 Å². The lowest BCUT2D eigenvalue weighted by Crippen LogP contribution is -1.93. The molecule has 5 aromatic heterocycles. The fourth-order valence-electron chi connectivity index (χ4n) is 9.88. The van der Waals surface area contributed by atoms with Gasteiger partial charge < -0.3 is 13.6 Å². The van der Waals surface area contributed by atoms with Crippen molar-refractivity contribution in [1.29, 1.82) is 0 Å². The number of furan rings is 1. The highest BCUT2D eigenvalue weighted by Gasteiger charge is 2.20. The van der Waals surface area contributed by atoms with E-state index in [1.54, 1.807) is 0 Å². The summed E-state index contributed by atoms with van der Waals surface area (Å²) < 4.78 is 16.4. The summed E-state index contributed by atoms with van der Waals surface area (Å²) in [6.07, 6.45) is 0. The van der Waals surface area contributed by atoms with Gasteiger partial charge in [-0.25, -0.2) is 0 Å². The second-order valence-corrected chi connectivity index (χ2v) is 17.8. The van der Waals surface area contributed by atoms with Gasteiger partial charge in [0.25, 0.3) is 0 Å². The predicted molar refractivity (Wildman–Crippen MR) is 254 cm³/mol. The Hall–Kier alpha value is -7.18. The number of aromatic nitrogens is 2. The number of nitrogens with zero attached hydrogens (tertiary/aromatic N) is 2. The van der Waals surface area contributed by atoms with Gasteiger partial charge in [-0.3, -0.25) is 0 Å². The van der Waals surface area contributed by atoms with Crippen LogP contribution in [-0.2, 0) is 0 Å². The van der Waals surface area contributed by atoms with E-state index in [4.69, 9.17) is 4.42 Å². The van der Waals surface area contributed by atoms with Crippen LogP contribution in [0.4, 0.5) is 0 Å². The summed E-state index contributed by atoms with van der Waals surface area (Å²) in [4.78, 5) is 0. The lowest BCUT2D eigenvalue weighted by atomic mass is 10.0. The molecule has 59 heavy (non-hydrogen) atoms. The van der Waals surface area contributed by atoms with Gasteiger partial charge in [0.15, 0.2) is 0 Å². The van der Waals surface area contributed by atoms with Gasteiger partial charge in [-0.1, -0.05) is 91.0 Å². The smallest absolute Gasteiger partial charge is 0.135 e. The highest BCUT2D eigenvalue weighted by atomic mass is 32.1. The third-order valence-corrected chi connectivity index (χ3v) is 14.9. The molecule has 0 fully saturated rings. The summed E-state index contributed by atoms with van der Waals surface area (Å²) in [5.74, 6) is 0. The Kier molecular flexibility index (Phi) is 6.32. The molecule has 0 aliphatic carbocycles. The molecule has 0 radical (unpaired) electrons. The minimum absolute atomic E-state index is 0.909. The van der Waals surface area contributed by atoms with Crippen LogP contribution in [0.1, 0.15) is 0 Å². The van der Waals surface area contributed by atoms with Crippen molar-refractivity contribution in [1.82, 2.24) is 9.13 Å². The van der Waals surface area contributed by atoms with Crippen molar-refractivity contribution in [2.45, 2.75) is 0 Å². The molecule has 0 N–H and O–H groups in total. The van der Waals surface area contributed by atoms with Crippen LogP contribution >= 0.6 is 22.7 Å². The molecular weight excluding hydrogens is 757 g/mol. The fourth-order valence-corrected chi connectivity index (χ4v) is 12.2. The maximum atomic E-state index is 6.21. The number of thiophene rings is 2. The van der Waals surface area contributed by atoms with E-state index in [1.807, 2.05) is 34.8 Å². The standard InChI is InChI=1S/C54H30N2OS2/c1-5-13-44-35(9-1)40-27-31(32-18-25-51-42(28-32)37-11-4-8-16-50(37)58-51)17-22-46(40)55(44)34-20-26-52-43(30-34)38-21-23-47-53(54(38)59-52)39-12-2-6-14-45(39)56(47)33-19-24-49-41(29-33)36-10-3-7-15-48(36)57-49/h1-30H. The summed E-state index contributed by atoms with van der Waals surface area (Å²) in [5, 5.41) is 12.6. The average molecular weight is 787 g/mol. The Morgan fingerprint density at radius 2 is 0.881 bits per heavy atom. The first-order valence-corrected chi connectivity index (χ1v) is 21.6. The predicted octanol–water partition coefficient (Wildman–Crippen LogP) is 16.2. The van der Waals surface area contributed by atoms with Crippen LogP contribution in [0.5, 0.6) is 0 Å². The summed E-state index contributed by atoms with van der Waals surface area (Å²) in [6.45, 7) is 0. The molecule has 0 aliphatic rings. The molecule has 0 saturated carbocycles. The van der Waals surface area contributed by atoms with E-state index in [9.17, 15) is 0 Å². The van der Waals surface area contributed by atoms with Crippen LogP contribution in [0.25, 0.3) is 128 Å². The maximum Gasteiger partial charge on any atom is 0.135 e. The molecule has 0 amide bonds. The van der Waals surface area contributed by atoms with E-state index < -0.39 is 0 Å². The molecule has 274 valence electrons. The molecule has 3 nitrogen and oxygen atoms in total. The average Bonchev–Trinajstić information content (AvgIpc) is 4.10. The van der Waals surface area contributed by atoms with Crippen molar-refractivity contribution in [3.8, 4) is 22.5 Å². The van der Waals surface area contributed by atoms with Crippen LogP contribution in [0.15, 0.2) is 186 Å². The Labute approximate surface area is 344 Å². The Bertz CT molecular complexity index is 4100. The van der Waals surface area contributed by atoms with Crippen LogP contribution in [0.2, 0.25) is 0 Å². The fraction of sp³-hybridized carbons (Fsp3) is 0. The SMILES string of the molecule is c1ccc2c(c1)oc1ccc(-n3c4ccccc4c4c5sc6ccc(-n7c8ccccc8c8cc(-c9ccc%10sc%11ccccc%11c%10c9)ccc87)cc6c5ccc43)cc12. The molecule has 0 bridgehead atoms. The van der Waals surface area contributed by atoms with E-state index in [2.05, 4.69) is 179 Å². The number of hydrogen-bond donors (Lipinski definition) is 0.